The van der Waals surface area contributed by atoms with E-state index in [0.29, 0.717) is 22.9 Å². The lowest BCUT2D eigenvalue weighted by Gasteiger charge is -2.14. The summed E-state index contributed by atoms with van der Waals surface area (Å²) < 4.78 is 15.8. The van der Waals surface area contributed by atoms with Crippen LogP contribution in [0.3, 0.4) is 0 Å². The van der Waals surface area contributed by atoms with E-state index in [0.717, 1.165) is 0 Å². The topological polar surface area (TPSA) is 107 Å². The minimum Gasteiger partial charge on any atom is -0.388 e. The number of benzene rings is 2. The molecule has 0 fully saturated rings. The molecule has 0 saturated carbocycles. The number of aryl methyl sites for hydroxylation is 1. The highest BCUT2D eigenvalue weighted by Crippen LogP contribution is 2.33. The van der Waals surface area contributed by atoms with Gasteiger partial charge in [0.05, 0.1) is 11.0 Å². The number of nitro groups is 1. The number of pyridine rings is 1. The molecule has 162 valence electrons. The van der Waals surface area contributed by atoms with E-state index in [1.54, 1.807) is 42.2 Å². The van der Waals surface area contributed by atoms with E-state index < -0.39 is 16.8 Å². The van der Waals surface area contributed by atoms with Gasteiger partial charge in [-0.3, -0.25) is 15.1 Å². The van der Waals surface area contributed by atoms with Crippen LogP contribution in [0.25, 0.3) is 22.9 Å². The van der Waals surface area contributed by atoms with Crippen molar-refractivity contribution in [1.29, 1.82) is 0 Å². The Labute approximate surface area is 187 Å². The molecule has 10 heteroatoms. The van der Waals surface area contributed by atoms with Gasteiger partial charge in [0.1, 0.15) is 11.5 Å². The monoisotopic (exact) mass is 453 g/mol. The van der Waals surface area contributed by atoms with Crippen LogP contribution >= 0.6 is 11.6 Å². The number of hydrogen-bond donors (Lipinski definition) is 1. The van der Waals surface area contributed by atoms with Gasteiger partial charge in [-0.15, -0.1) is 5.10 Å². The molecule has 32 heavy (non-hydrogen) atoms. The third-order valence-corrected chi connectivity index (χ3v) is 5.27. The maximum Gasteiger partial charge on any atom is 0.272 e. The highest BCUT2D eigenvalue weighted by atomic mass is 35.5. The molecule has 0 aliphatic heterocycles. The van der Waals surface area contributed by atoms with Gasteiger partial charge in [0.2, 0.25) is 0 Å². The average molecular weight is 454 g/mol. The normalized spacial score (nSPS) is 12.0. The fourth-order valence-electron chi connectivity index (χ4n) is 3.45. The largest absolute Gasteiger partial charge is 0.388 e. The Bertz CT molecular complexity index is 1280. The summed E-state index contributed by atoms with van der Waals surface area (Å²) in [6, 6.07) is 13.8. The first-order valence-corrected chi connectivity index (χ1v) is 9.95. The van der Waals surface area contributed by atoms with Crippen LogP contribution < -0.4 is 0 Å². The van der Waals surface area contributed by atoms with Crippen molar-refractivity contribution in [2.24, 2.45) is 7.05 Å². The minimum absolute atomic E-state index is 0.0459. The fourth-order valence-corrected chi connectivity index (χ4v) is 3.73. The van der Waals surface area contributed by atoms with E-state index in [1.807, 2.05) is 6.07 Å². The SMILES string of the molecule is Cn1nc(-c2ccccn2)nc1-c1ccc([N+](=O)[O-])c(CC(O)c2c(F)cccc2Cl)c1. The Kier molecular flexibility index (Phi) is 5.93. The molecule has 0 saturated heterocycles. The predicted molar refractivity (Wildman–Crippen MR) is 116 cm³/mol. The number of aliphatic hydroxyl groups excluding tert-OH is 1. The molecule has 1 atom stereocenters. The lowest BCUT2D eigenvalue weighted by Crippen LogP contribution is -2.08. The molecule has 0 bridgehead atoms. The maximum absolute atomic E-state index is 14.2. The van der Waals surface area contributed by atoms with Crippen molar-refractivity contribution in [1.82, 2.24) is 19.7 Å². The van der Waals surface area contributed by atoms with Crippen molar-refractivity contribution in [3.63, 3.8) is 0 Å². The molecular formula is C22H17ClFN5O3. The Morgan fingerprint density at radius 1 is 1.22 bits per heavy atom. The van der Waals surface area contributed by atoms with Crippen molar-refractivity contribution in [3.8, 4) is 22.9 Å². The molecule has 2 aromatic heterocycles. The zero-order chi connectivity index (χ0) is 22.8. The Morgan fingerprint density at radius 2 is 2.03 bits per heavy atom. The van der Waals surface area contributed by atoms with Crippen LogP contribution in [0.2, 0.25) is 5.02 Å². The lowest BCUT2D eigenvalue weighted by molar-refractivity contribution is -0.385. The molecule has 8 nitrogen and oxygen atoms in total. The van der Waals surface area contributed by atoms with Gasteiger partial charge in [0.15, 0.2) is 11.6 Å². The molecule has 0 radical (unpaired) electrons. The quantitative estimate of drug-likeness (QED) is 0.339. The molecule has 1 unspecified atom stereocenters. The van der Waals surface area contributed by atoms with Crippen LogP contribution in [0, 0.1) is 15.9 Å². The second-order valence-electron chi connectivity index (χ2n) is 7.05. The van der Waals surface area contributed by atoms with Gasteiger partial charge in [-0.05, 0) is 36.4 Å². The maximum atomic E-state index is 14.2. The van der Waals surface area contributed by atoms with Crippen molar-refractivity contribution in [3.05, 3.63) is 92.9 Å². The summed E-state index contributed by atoms with van der Waals surface area (Å²) in [6.45, 7) is 0. The van der Waals surface area contributed by atoms with Gasteiger partial charge in [0.25, 0.3) is 5.69 Å². The predicted octanol–water partition coefficient (Wildman–Crippen LogP) is 4.52. The molecule has 2 aromatic carbocycles. The first-order valence-electron chi connectivity index (χ1n) is 9.57. The number of nitrogens with zero attached hydrogens (tertiary/aromatic N) is 5. The van der Waals surface area contributed by atoms with Crippen LogP contribution in [0.4, 0.5) is 10.1 Å². The number of halogens is 2. The highest BCUT2D eigenvalue weighted by Gasteiger charge is 2.23. The number of aromatic nitrogens is 4. The summed E-state index contributed by atoms with van der Waals surface area (Å²) >= 11 is 6.04. The highest BCUT2D eigenvalue weighted by molar-refractivity contribution is 6.31. The third-order valence-electron chi connectivity index (χ3n) is 4.94. The zero-order valence-corrected chi connectivity index (χ0v) is 17.6. The van der Waals surface area contributed by atoms with Crippen molar-refractivity contribution in [2.45, 2.75) is 12.5 Å². The van der Waals surface area contributed by atoms with Gasteiger partial charge in [0, 0.05) is 47.4 Å². The minimum atomic E-state index is -1.37. The summed E-state index contributed by atoms with van der Waals surface area (Å²) in [7, 11) is 1.70. The molecule has 4 aromatic rings. The van der Waals surface area contributed by atoms with E-state index in [1.165, 1.54) is 24.3 Å². The van der Waals surface area contributed by atoms with Gasteiger partial charge in [-0.2, -0.15) is 0 Å². The molecule has 0 aliphatic rings. The Hall–Kier alpha value is -3.69. The van der Waals surface area contributed by atoms with Crippen molar-refractivity contribution < 1.29 is 14.4 Å². The molecule has 0 spiro atoms. The number of rotatable bonds is 6. The van der Waals surface area contributed by atoms with Crippen LogP contribution in [-0.4, -0.2) is 29.8 Å². The standard InChI is InChI=1S/C22H17ClFN5O3/c1-28-22(26-21(27-28)17-7-2-3-10-25-17)13-8-9-18(29(31)32)14(11-13)12-19(30)20-15(23)5-4-6-16(20)24/h2-11,19,30H,12H2,1H3. The molecule has 1 N–H and O–H groups in total. The van der Waals surface area contributed by atoms with E-state index in [4.69, 9.17) is 11.6 Å². The number of aliphatic hydroxyl groups is 1. The Balaban J connectivity index is 1.73. The van der Waals surface area contributed by atoms with Crippen molar-refractivity contribution in [2.75, 3.05) is 0 Å². The summed E-state index contributed by atoms with van der Waals surface area (Å²) in [6.07, 6.45) is 0.0431. The third kappa shape index (κ3) is 4.20. The number of hydrogen-bond acceptors (Lipinski definition) is 6. The second-order valence-corrected chi connectivity index (χ2v) is 7.46. The van der Waals surface area contributed by atoms with E-state index in [9.17, 15) is 19.6 Å². The number of nitro benzene ring substituents is 1. The second kappa shape index (κ2) is 8.81. The molecule has 4 rings (SSSR count). The van der Waals surface area contributed by atoms with Crippen LogP contribution in [0.15, 0.2) is 60.8 Å². The molecular weight excluding hydrogens is 437 g/mol. The van der Waals surface area contributed by atoms with Crippen LogP contribution in [0.5, 0.6) is 0 Å². The van der Waals surface area contributed by atoms with Gasteiger partial charge in [-0.25, -0.2) is 14.1 Å². The Morgan fingerprint density at radius 3 is 2.72 bits per heavy atom. The van der Waals surface area contributed by atoms with E-state index in [-0.39, 0.29) is 28.3 Å². The van der Waals surface area contributed by atoms with Crippen molar-refractivity contribution >= 4 is 17.3 Å². The smallest absolute Gasteiger partial charge is 0.272 e. The van der Waals surface area contributed by atoms with Gasteiger partial charge >= 0.3 is 0 Å². The van der Waals surface area contributed by atoms with E-state index in [2.05, 4.69) is 15.1 Å². The first kappa shape index (κ1) is 21.5. The average Bonchev–Trinajstić information content (AvgIpc) is 3.15. The lowest BCUT2D eigenvalue weighted by atomic mass is 9.98. The zero-order valence-electron chi connectivity index (χ0n) is 16.8. The summed E-state index contributed by atoms with van der Waals surface area (Å²) in [5.41, 5.74) is 1.04. The summed E-state index contributed by atoms with van der Waals surface area (Å²) in [5, 5.41) is 26.6. The first-order chi connectivity index (χ1) is 15.3. The molecule has 0 amide bonds. The van der Waals surface area contributed by atoms with Crippen LogP contribution in [0.1, 0.15) is 17.2 Å². The fraction of sp³-hybridized carbons (Fsp3) is 0.136. The van der Waals surface area contributed by atoms with Crippen LogP contribution in [-0.2, 0) is 13.5 Å². The van der Waals surface area contributed by atoms with Gasteiger partial charge < -0.3 is 5.11 Å². The molecule has 0 aliphatic carbocycles. The van der Waals surface area contributed by atoms with E-state index >= 15 is 0 Å². The molecule has 2 heterocycles. The summed E-state index contributed by atoms with van der Waals surface area (Å²) in [5.74, 6) is 0.179. The van der Waals surface area contributed by atoms with Gasteiger partial charge in [-0.1, -0.05) is 23.7 Å². The summed E-state index contributed by atoms with van der Waals surface area (Å²) in [4.78, 5) is 19.7.